The Bertz CT molecular complexity index is 583. The summed E-state index contributed by atoms with van der Waals surface area (Å²) in [6, 6.07) is 5.12. The van der Waals surface area contributed by atoms with E-state index in [1.165, 1.54) is 12.1 Å². The van der Waals surface area contributed by atoms with E-state index in [-0.39, 0.29) is 12.8 Å². The van der Waals surface area contributed by atoms with Crippen molar-refractivity contribution < 1.29 is 32.6 Å². The third-order valence-electron chi connectivity index (χ3n) is 3.74. The molecule has 0 saturated carbocycles. The van der Waals surface area contributed by atoms with Crippen molar-refractivity contribution in [1.82, 2.24) is 5.32 Å². The third kappa shape index (κ3) is 6.47. The van der Waals surface area contributed by atoms with Crippen molar-refractivity contribution in [2.45, 2.75) is 51.4 Å². The SMILES string of the molecule is CCC(CC)(CC(=O)O)NC(=O)Cc1cccc(OC(F)(F)F)c1. The number of hydrogen-bond acceptors (Lipinski definition) is 3. The molecule has 134 valence electrons. The quantitative estimate of drug-likeness (QED) is 0.757. The number of carboxylic acid groups (broad SMARTS) is 1. The predicted octanol–water partition coefficient (Wildman–Crippen LogP) is 3.28. The van der Waals surface area contributed by atoms with Crippen LogP contribution in [0.4, 0.5) is 13.2 Å². The molecule has 0 bridgehead atoms. The van der Waals surface area contributed by atoms with E-state index in [1.807, 2.05) is 0 Å². The largest absolute Gasteiger partial charge is 0.573 e. The second-order valence-corrected chi connectivity index (χ2v) is 5.48. The lowest BCUT2D eigenvalue weighted by molar-refractivity contribution is -0.274. The van der Waals surface area contributed by atoms with Gasteiger partial charge in [-0.1, -0.05) is 26.0 Å². The molecule has 0 aliphatic heterocycles. The summed E-state index contributed by atoms with van der Waals surface area (Å²) in [5, 5.41) is 11.7. The molecule has 1 amide bonds. The zero-order valence-corrected chi connectivity index (χ0v) is 13.4. The Labute approximate surface area is 137 Å². The Morgan fingerprint density at radius 3 is 2.33 bits per heavy atom. The molecule has 0 saturated heterocycles. The van der Waals surface area contributed by atoms with Gasteiger partial charge in [0.15, 0.2) is 0 Å². The molecule has 1 aromatic carbocycles. The van der Waals surface area contributed by atoms with Crippen molar-refractivity contribution >= 4 is 11.9 Å². The van der Waals surface area contributed by atoms with Gasteiger partial charge in [-0.05, 0) is 30.5 Å². The molecule has 0 heterocycles. The minimum absolute atomic E-state index is 0.170. The molecule has 0 atom stereocenters. The zero-order chi connectivity index (χ0) is 18.4. The Morgan fingerprint density at radius 2 is 1.83 bits per heavy atom. The lowest BCUT2D eigenvalue weighted by atomic mass is 9.88. The lowest BCUT2D eigenvalue weighted by Crippen LogP contribution is -2.49. The van der Waals surface area contributed by atoms with Gasteiger partial charge in [-0.3, -0.25) is 9.59 Å². The molecule has 0 spiro atoms. The number of rotatable bonds is 8. The van der Waals surface area contributed by atoms with Gasteiger partial charge in [-0.25, -0.2) is 0 Å². The maximum absolute atomic E-state index is 12.2. The number of carbonyl (C=O) groups excluding carboxylic acids is 1. The van der Waals surface area contributed by atoms with Crippen LogP contribution in [0.2, 0.25) is 0 Å². The van der Waals surface area contributed by atoms with E-state index in [0.717, 1.165) is 12.1 Å². The molecule has 1 aromatic rings. The summed E-state index contributed by atoms with van der Waals surface area (Å²) in [4.78, 5) is 23.1. The Balaban J connectivity index is 2.80. The Kier molecular flexibility index (Phi) is 6.62. The van der Waals surface area contributed by atoms with E-state index in [9.17, 15) is 22.8 Å². The summed E-state index contributed by atoms with van der Waals surface area (Å²) in [5.41, 5.74) is -0.533. The molecule has 0 aliphatic carbocycles. The number of carboxylic acids is 1. The van der Waals surface area contributed by atoms with Crippen LogP contribution in [0.3, 0.4) is 0 Å². The Morgan fingerprint density at radius 1 is 1.21 bits per heavy atom. The van der Waals surface area contributed by atoms with E-state index in [2.05, 4.69) is 10.1 Å². The monoisotopic (exact) mass is 347 g/mol. The normalized spacial score (nSPS) is 11.9. The number of amides is 1. The molecule has 0 aliphatic rings. The highest BCUT2D eigenvalue weighted by atomic mass is 19.4. The van der Waals surface area contributed by atoms with Crippen molar-refractivity contribution in [3.05, 3.63) is 29.8 Å². The van der Waals surface area contributed by atoms with Crippen molar-refractivity contribution in [3.8, 4) is 5.75 Å². The van der Waals surface area contributed by atoms with Gasteiger partial charge in [-0.15, -0.1) is 13.2 Å². The lowest BCUT2D eigenvalue weighted by Gasteiger charge is -2.31. The van der Waals surface area contributed by atoms with Crippen molar-refractivity contribution in [3.63, 3.8) is 0 Å². The van der Waals surface area contributed by atoms with Crippen LogP contribution in [0.5, 0.6) is 5.75 Å². The topological polar surface area (TPSA) is 75.6 Å². The van der Waals surface area contributed by atoms with E-state index in [1.54, 1.807) is 13.8 Å². The molecule has 1 rings (SSSR count). The molecule has 2 N–H and O–H groups in total. The maximum atomic E-state index is 12.2. The number of hydrogen-bond donors (Lipinski definition) is 2. The fourth-order valence-corrected chi connectivity index (χ4v) is 2.39. The molecule has 0 radical (unpaired) electrons. The van der Waals surface area contributed by atoms with Crippen LogP contribution < -0.4 is 10.1 Å². The highest BCUT2D eigenvalue weighted by molar-refractivity contribution is 5.80. The smallest absolute Gasteiger partial charge is 0.481 e. The van der Waals surface area contributed by atoms with Crippen molar-refractivity contribution in [2.24, 2.45) is 0 Å². The van der Waals surface area contributed by atoms with Crippen molar-refractivity contribution in [2.75, 3.05) is 0 Å². The predicted molar refractivity (Wildman–Crippen MR) is 80.5 cm³/mol. The van der Waals surface area contributed by atoms with E-state index >= 15 is 0 Å². The summed E-state index contributed by atoms with van der Waals surface area (Å²) in [6.07, 6.45) is -4.33. The Hall–Kier alpha value is -2.25. The van der Waals surface area contributed by atoms with Crippen LogP contribution in [-0.4, -0.2) is 28.9 Å². The third-order valence-corrected chi connectivity index (χ3v) is 3.74. The van der Waals surface area contributed by atoms with Gasteiger partial charge in [0.1, 0.15) is 5.75 Å². The van der Waals surface area contributed by atoms with Gasteiger partial charge in [-0.2, -0.15) is 0 Å². The van der Waals surface area contributed by atoms with E-state index in [4.69, 9.17) is 5.11 Å². The minimum atomic E-state index is -4.80. The molecule has 0 unspecified atom stereocenters. The number of alkyl halides is 3. The summed E-state index contributed by atoms with van der Waals surface area (Å²) < 4.78 is 40.5. The van der Waals surface area contributed by atoms with Gasteiger partial charge in [0.2, 0.25) is 5.91 Å². The van der Waals surface area contributed by atoms with Gasteiger partial charge in [0.05, 0.1) is 12.8 Å². The molecule has 24 heavy (non-hydrogen) atoms. The first kappa shape index (κ1) is 19.8. The first-order valence-electron chi connectivity index (χ1n) is 7.46. The number of ether oxygens (including phenoxy) is 1. The first-order valence-corrected chi connectivity index (χ1v) is 7.46. The number of carbonyl (C=O) groups is 2. The first-order chi connectivity index (χ1) is 11.1. The van der Waals surface area contributed by atoms with Gasteiger partial charge >= 0.3 is 12.3 Å². The van der Waals surface area contributed by atoms with Gasteiger partial charge in [0.25, 0.3) is 0 Å². The summed E-state index contributed by atoms with van der Waals surface area (Å²) >= 11 is 0. The maximum Gasteiger partial charge on any atom is 0.573 e. The summed E-state index contributed by atoms with van der Waals surface area (Å²) in [5.74, 6) is -1.89. The van der Waals surface area contributed by atoms with Crippen LogP contribution in [0, 0.1) is 0 Å². The molecule has 5 nitrogen and oxygen atoms in total. The number of aliphatic carboxylic acids is 1. The van der Waals surface area contributed by atoms with Crippen LogP contribution >= 0.6 is 0 Å². The highest BCUT2D eigenvalue weighted by Gasteiger charge is 2.32. The number of halogens is 3. The van der Waals surface area contributed by atoms with Gasteiger partial charge in [0, 0.05) is 5.54 Å². The number of nitrogens with one attached hydrogen (secondary N) is 1. The van der Waals surface area contributed by atoms with Crippen LogP contribution in [0.25, 0.3) is 0 Å². The second-order valence-electron chi connectivity index (χ2n) is 5.48. The summed E-state index contributed by atoms with van der Waals surface area (Å²) in [6.45, 7) is 3.54. The molecule has 0 aromatic heterocycles. The van der Waals surface area contributed by atoms with Crippen LogP contribution in [-0.2, 0) is 16.0 Å². The average Bonchev–Trinajstić information content (AvgIpc) is 2.44. The van der Waals surface area contributed by atoms with Crippen LogP contribution in [0.1, 0.15) is 38.7 Å². The fraction of sp³-hybridized carbons (Fsp3) is 0.500. The van der Waals surface area contributed by atoms with Crippen molar-refractivity contribution in [1.29, 1.82) is 0 Å². The second kappa shape index (κ2) is 8.03. The summed E-state index contributed by atoms with van der Waals surface area (Å²) in [7, 11) is 0. The van der Waals surface area contributed by atoms with Crippen LogP contribution in [0.15, 0.2) is 24.3 Å². The highest BCUT2D eigenvalue weighted by Crippen LogP contribution is 2.24. The molecular weight excluding hydrogens is 327 g/mol. The zero-order valence-electron chi connectivity index (χ0n) is 13.4. The minimum Gasteiger partial charge on any atom is -0.481 e. The molecule has 0 fully saturated rings. The molecular formula is C16H20F3NO4. The molecule has 8 heteroatoms. The standard InChI is InChI=1S/C16H20F3NO4/c1-3-15(4-2,10-14(22)23)20-13(21)9-11-6-5-7-12(8-11)24-16(17,18)19/h5-8H,3-4,9-10H2,1-2H3,(H,20,21)(H,22,23). The number of benzene rings is 1. The van der Waals surface area contributed by atoms with E-state index in [0.29, 0.717) is 18.4 Å². The fourth-order valence-electron chi connectivity index (χ4n) is 2.39. The van der Waals surface area contributed by atoms with Gasteiger partial charge < -0.3 is 15.2 Å². The average molecular weight is 347 g/mol. The van der Waals surface area contributed by atoms with E-state index < -0.39 is 29.5 Å².